The molecule has 0 atom stereocenters. The zero-order valence-electron chi connectivity index (χ0n) is 12.8. The van der Waals surface area contributed by atoms with E-state index in [9.17, 15) is 4.79 Å². The van der Waals surface area contributed by atoms with Gasteiger partial charge in [-0.2, -0.15) is 5.10 Å². The van der Waals surface area contributed by atoms with Gasteiger partial charge in [0.2, 0.25) is 5.91 Å². The first-order valence-corrected chi connectivity index (χ1v) is 7.94. The number of thiocarbonyl (C=S) groups is 1. The molecular formula is C15H24N4OS. The highest BCUT2D eigenvalue weighted by Crippen LogP contribution is 2.35. The van der Waals surface area contributed by atoms with Gasteiger partial charge in [0.05, 0.1) is 16.1 Å². The number of hydrogen-bond donors (Lipinski definition) is 2. The van der Waals surface area contributed by atoms with Crippen molar-refractivity contribution in [2.45, 2.75) is 52.0 Å². The topological polar surface area (TPSA) is 72.9 Å². The minimum atomic E-state index is -0.665. The lowest BCUT2D eigenvalue weighted by Gasteiger charge is -2.30. The molecule has 1 amide bonds. The average molecular weight is 308 g/mol. The van der Waals surface area contributed by atoms with Crippen molar-refractivity contribution in [1.82, 2.24) is 15.1 Å². The molecule has 3 N–H and O–H groups in total. The first-order valence-electron chi connectivity index (χ1n) is 7.53. The Kier molecular flexibility index (Phi) is 4.98. The molecule has 2 rings (SSSR count). The van der Waals surface area contributed by atoms with Crippen LogP contribution < -0.4 is 11.1 Å². The Bertz CT molecular complexity index is 530. The number of aryl methyl sites for hydroxylation is 2. The number of aromatic nitrogens is 2. The summed E-state index contributed by atoms with van der Waals surface area (Å²) in [5.41, 5.74) is 7.22. The number of amides is 1. The number of nitrogens with zero attached hydrogens (tertiary/aromatic N) is 2. The van der Waals surface area contributed by atoms with Crippen LogP contribution in [0.25, 0.3) is 0 Å². The minimum Gasteiger partial charge on any atom is -0.392 e. The number of nitrogens with two attached hydrogens (primary N) is 1. The number of carbonyl (C=O) groups is 1. The van der Waals surface area contributed by atoms with E-state index in [0.717, 1.165) is 49.8 Å². The molecule has 0 spiro atoms. The van der Waals surface area contributed by atoms with Crippen LogP contribution in [0.4, 0.5) is 0 Å². The minimum absolute atomic E-state index is 0.0276. The van der Waals surface area contributed by atoms with Gasteiger partial charge in [-0.3, -0.25) is 9.48 Å². The van der Waals surface area contributed by atoms with Gasteiger partial charge in [-0.25, -0.2) is 0 Å². The fourth-order valence-corrected chi connectivity index (χ4v) is 3.38. The molecule has 0 aromatic carbocycles. The Balaban J connectivity index is 2.08. The fourth-order valence-electron chi connectivity index (χ4n) is 3.08. The van der Waals surface area contributed by atoms with Gasteiger partial charge >= 0.3 is 0 Å². The molecule has 116 valence electrons. The van der Waals surface area contributed by atoms with Gasteiger partial charge in [-0.15, -0.1) is 0 Å². The van der Waals surface area contributed by atoms with E-state index in [1.54, 1.807) is 4.68 Å². The third-order valence-electron chi connectivity index (χ3n) is 4.42. The maximum Gasteiger partial charge on any atom is 0.233 e. The molecule has 0 unspecified atom stereocenters. The van der Waals surface area contributed by atoms with Crippen molar-refractivity contribution < 1.29 is 4.79 Å². The van der Waals surface area contributed by atoms with Crippen LogP contribution in [0, 0.1) is 12.3 Å². The summed E-state index contributed by atoms with van der Waals surface area (Å²) < 4.78 is 1.76. The zero-order valence-corrected chi connectivity index (χ0v) is 13.6. The van der Waals surface area contributed by atoms with Crippen molar-refractivity contribution in [1.29, 1.82) is 0 Å². The van der Waals surface area contributed by atoms with E-state index in [1.165, 1.54) is 0 Å². The summed E-state index contributed by atoms with van der Waals surface area (Å²) in [6.45, 7) is 2.42. The van der Waals surface area contributed by atoms with E-state index in [1.807, 2.05) is 20.2 Å². The van der Waals surface area contributed by atoms with Crippen molar-refractivity contribution in [3.8, 4) is 0 Å². The lowest BCUT2D eigenvalue weighted by Crippen LogP contribution is -2.48. The maximum atomic E-state index is 12.7. The highest BCUT2D eigenvalue weighted by atomic mass is 32.1. The number of hydrogen-bond acceptors (Lipinski definition) is 3. The van der Waals surface area contributed by atoms with E-state index in [2.05, 4.69) is 10.4 Å². The zero-order chi connectivity index (χ0) is 15.5. The largest absolute Gasteiger partial charge is 0.392 e. The molecule has 1 fully saturated rings. The maximum absolute atomic E-state index is 12.7. The predicted octanol–water partition coefficient (Wildman–Crippen LogP) is 1.97. The number of rotatable bonds is 4. The number of nitrogens with one attached hydrogen (secondary N) is 1. The Morgan fingerprint density at radius 2 is 2.05 bits per heavy atom. The van der Waals surface area contributed by atoms with Crippen LogP contribution in [0.2, 0.25) is 0 Å². The van der Waals surface area contributed by atoms with Crippen LogP contribution in [0.1, 0.15) is 49.8 Å². The summed E-state index contributed by atoms with van der Waals surface area (Å²) >= 11 is 5.23. The van der Waals surface area contributed by atoms with Crippen molar-refractivity contribution in [2.24, 2.45) is 18.2 Å². The van der Waals surface area contributed by atoms with Crippen LogP contribution in [0.5, 0.6) is 0 Å². The molecule has 1 saturated carbocycles. The highest BCUT2D eigenvalue weighted by molar-refractivity contribution is 7.80. The molecule has 1 aromatic rings. The highest BCUT2D eigenvalue weighted by Gasteiger charge is 2.41. The molecule has 0 radical (unpaired) electrons. The van der Waals surface area contributed by atoms with Crippen LogP contribution in [-0.4, -0.2) is 20.7 Å². The standard InChI is InChI=1S/C15H24N4OS/c1-11-12(10-19(2)18-11)9-17-14(20)15(13(16)21)7-5-3-4-6-8-15/h10H,3-9H2,1-2H3,(H2,16,21)(H,17,20). The lowest BCUT2D eigenvalue weighted by atomic mass is 9.79. The Hall–Kier alpha value is -1.43. The fraction of sp³-hybridized carbons (Fsp3) is 0.667. The third kappa shape index (κ3) is 3.43. The van der Waals surface area contributed by atoms with Crippen LogP contribution in [0.3, 0.4) is 0 Å². The van der Waals surface area contributed by atoms with Gasteiger partial charge in [0, 0.05) is 25.4 Å². The van der Waals surface area contributed by atoms with E-state index in [0.29, 0.717) is 11.5 Å². The van der Waals surface area contributed by atoms with Gasteiger partial charge in [-0.1, -0.05) is 37.9 Å². The SMILES string of the molecule is Cc1nn(C)cc1CNC(=O)C1(C(N)=S)CCCCCC1. The van der Waals surface area contributed by atoms with Crippen molar-refractivity contribution in [3.63, 3.8) is 0 Å². The summed E-state index contributed by atoms with van der Waals surface area (Å²) in [6, 6.07) is 0. The summed E-state index contributed by atoms with van der Waals surface area (Å²) in [5, 5.41) is 7.30. The van der Waals surface area contributed by atoms with Crippen LogP contribution >= 0.6 is 12.2 Å². The third-order valence-corrected chi connectivity index (χ3v) is 4.81. The van der Waals surface area contributed by atoms with E-state index in [4.69, 9.17) is 18.0 Å². The smallest absolute Gasteiger partial charge is 0.233 e. The summed E-state index contributed by atoms with van der Waals surface area (Å²) in [5.74, 6) is -0.0276. The quantitative estimate of drug-likeness (QED) is 0.659. The average Bonchev–Trinajstić information content (AvgIpc) is 2.66. The molecule has 1 heterocycles. The molecule has 1 aliphatic carbocycles. The Morgan fingerprint density at radius 1 is 1.43 bits per heavy atom. The van der Waals surface area contributed by atoms with Gasteiger partial charge in [0.1, 0.15) is 0 Å². The van der Waals surface area contributed by atoms with E-state index >= 15 is 0 Å². The Morgan fingerprint density at radius 3 is 2.52 bits per heavy atom. The second-order valence-electron chi connectivity index (χ2n) is 5.96. The van der Waals surface area contributed by atoms with Crippen molar-refractivity contribution in [3.05, 3.63) is 17.5 Å². The normalized spacial score (nSPS) is 18.0. The van der Waals surface area contributed by atoms with Crippen LogP contribution in [0.15, 0.2) is 6.20 Å². The first kappa shape index (κ1) is 15.9. The molecular weight excluding hydrogens is 284 g/mol. The second-order valence-corrected chi connectivity index (χ2v) is 6.40. The van der Waals surface area contributed by atoms with Crippen molar-refractivity contribution >= 4 is 23.1 Å². The first-order chi connectivity index (χ1) is 9.95. The molecule has 6 heteroatoms. The van der Waals surface area contributed by atoms with Gasteiger partial charge in [-0.05, 0) is 19.8 Å². The van der Waals surface area contributed by atoms with Gasteiger partial charge in [0.15, 0.2) is 0 Å². The molecule has 0 bridgehead atoms. The van der Waals surface area contributed by atoms with Gasteiger partial charge < -0.3 is 11.1 Å². The molecule has 1 aromatic heterocycles. The second kappa shape index (κ2) is 6.56. The van der Waals surface area contributed by atoms with Crippen LogP contribution in [-0.2, 0) is 18.4 Å². The van der Waals surface area contributed by atoms with E-state index in [-0.39, 0.29) is 5.91 Å². The predicted molar refractivity (Wildman–Crippen MR) is 86.7 cm³/mol. The summed E-state index contributed by atoms with van der Waals surface area (Å²) in [4.78, 5) is 13.0. The lowest BCUT2D eigenvalue weighted by molar-refractivity contribution is -0.128. The summed E-state index contributed by atoms with van der Waals surface area (Å²) in [7, 11) is 1.88. The molecule has 5 nitrogen and oxygen atoms in total. The summed E-state index contributed by atoms with van der Waals surface area (Å²) in [6.07, 6.45) is 7.78. The van der Waals surface area contributed by atoms with Gasteiger partial charge in [0.25, 0.3) is 0 Å². The molecule has 0 saturated heterocycles. The van der Waals surface area contributed by atoms with E-state index < -0.39 is 5.41 Å². The number of carbonyl (C=O) groups excluding carboxylic acids is 1. The molecule has 1 aliphatic rings. The molecule has 0 aliphatic heterocycles. The Labute approximate surface area is 131 Å². The van der Waals surface area contributed by atoms with Crippen molar-refractivity contribution in [2.75, 3.05) is 0 Å². The monoisotopic (exact) mass is 308 g/mol. The molecule has 21 heavy (non-hydrogen) atoms.